The fraction of sp³-hybridized carbons (Fsp3) is 0.286. The lowest BCUT2D eigenvalue weighted by Gasteiger charge is -1.83. The van der Waals surface area contributed by atoms with Gasteiger partial charge in [0.2, 0.25) is 0 Å². The lowest BCUT2D eigenvalue weighted by Crippen LogP contribution is -2.06. The molecule has 0 aromatic carbocycles. The van der Waals surface area contributed by atoms with E-state index in [2.05, 4.69) is 4.98 Å². The summed E-state index contributed by atoms with van der Waals surface area (Å²) in [6.45, 7) is 1.78. The molecule has 0 bridgehead atoms. The Morgan fingerprint density at radius 3 is 2.40 bits per heavy atom. The molecule has 0 amide bonds. The third-order valence-electron chi connectivity index (χ3n) is 1.02. The van der Waals surface area contributed by atoms with Crippen molar-refractivity contribution in [2.75, 3.05) is 7.11 Å². The van der Waals surface area contributed by atoms with Gasteiger partial charge in [-0.3, -0.25) is 4.79 Å². The van der Waals surface area contributed by atoms with Crippen molar-refractivity contribution < 1.29 is 5.11 Å². The molecule has 3 nitrogen and oxygen atoms in total. The van der Waals surface area contributed by atoms with Crippen LogP contribution in [-0.2, 0) is 0 Å². The van der Waals surface area contributed by atoms with Gasteiger partial charge in [-0.2, -0.15) is 0 Å². The number of aromatic amines is 1. The Bertz CT molecular complexity index is 229. The van der Waals surface area contributed by atoms with Gasteiger partial charge in [0.25, 0.3) is 5.56 Å². The smallest absolute Gasteiger partial charge is 0.250 e. The minimum Gasteiger partial charge on any atom is -0.400 e. The number of nitrogens with one attached hydrogen (secondary N) is 1. The van der Waals surface area contributed by atoms with Crippen LogP contribution in [0.15, 0.2) is 23.1 Å². The number of aliphatic hydroxyl groups is 1. The van der Waals surface area contributed by atoms with Crippen molar-refractivity contribution in [2.45, 2.75) is 6.92 Å². The highest BCUT2D eigenvalue weighted by Crippen LogP contribution is 1.81. The van der Waals surface area contributed by atoms with Crippen LogP contribution in [0, 0.1) is 6.92 Å². The third kappa shape index (κ3) is 2.46. The predicted molar refractivity (Wildman–Crippen MR) is 39.9 cm³/mol. The molecule has 0 saturated carbocycles. The average molecular weight is 141 g/mol. The average Bonchev–Trinajstić information content (AvgIpc) is 2.00. The highest BCUT2D eigenvalue weighted by atomic mass is 16.2. The van der Waals surface area contributed by atoms with E-state index < -0.39 is 0 Å². The topological polar surface area (TPSA) is 53.1 Å². The van der Waals surface area contributed by atoms with Crippen LogP contribution in [-0.4, -0.2) is 17.2 Å². The Hall–Kier alpha value is -1.09. The van der Waals surface area contributed by atoms with Crippen LogP contribution in [0.5, 0.6) is 0 Å². The predicted octanol–water partition coefficient (Wildman–Crippen LogP) is 0.292. The van der Waals surface area contributed by atoms with Crippen LogP contribution >= 0.6 is 0 Å². The second-order valence-corrected chi connectivity index (χ2v) is 1.68. The Morgan fingerprint density at radius 2 is 2.10 bits per heavy atom. The third-order valence-corrected chi connectivity index (χ3v) is 1.02. The molecule has 0 saturated heterocycles. The summed E-state index contributed by atoms with van der Waals surface area (Å²) < 4.78 is 0. The maximum Gasteiger partial charge on any atom is 0.250 e. The first-order chi connectivity index (χ1) is 4.80. The molecule has 1 aromatic rings. The summed E-state index contributed by atoms with van der Waals surface area (Å²) in [6.07, 6.45) is 1.62. The van der Waals surface area contributed by atoms with E-state index in [0.717, 1.165) is 12.7 Å². The number of pyridine rings is 1. The van der Waals surface area contributed by atoms with E-state index in [4.69, 9.17) is 5.11 Å². The van der Waals surface area contributed by atoms with E-state index in [9.17, 15) is 4.79 Å². The molecule has 0 fully saturated rings. The van der Waals surface area contributed by atoms with Gasteiger partial charge in [-0.15, -0.1) is 0 Å². The van der Waals surface area contributed by atoms with E-state index in [1.54, 1.807) is 25.3 Å². The lowest BCUT2D eigenvalue weighted by molar-refractivity contribution is 0.399. The normalized spacial score (nSPS) is 7.90. The zero-order chi connectivity index (χ0) is 7.98. The fourth-order valence-electron chi connectivity index (χ4n) is 0.506. The molecule has 56 valence electrons. The van der Waals surface area contributed by atoms with Gasteiger partial charge < -0.3 is 10.1 Å². The van der Waals surface area contributed by atoms with Crippen molar-refractivity contribution in [3.8, 4) is 0 Å². The molecule has 1 heterocycles. The van der Waals surface area contributed by atoms with Gasteiger partial charge in [0, 0.05) is 18.9 Å². The molecule has 2 N–H and O–H groups in total. The molecule has 0 radical (unpaired) electrons. The first-order valence-corrected chi connectivity index (χ1v) is 2.90. The molecular formula is C7H11NO2. The monoisotopic (exact) mass is 141 g/mol. The summed E-state index contributed by atoms with van der Waals surface area (Å²) >= 11 is 0. The van der Waals surface area contributed by atoms with Gasteiger partial charge in [-0.05, 0) is 13.0 Å². The van der Waals surface area contributed by atoms with Gasteiger partial charge in [0.05, 0.1) is 0 Å². The van der Waals surface area contributed by atoms with Gasteiger partial charge in [0.1, 0.15) is 0 Å². The Labute approximate surface area is 59.3 Å². The first-order valence-electron chi connectivity index (χ1n) is 2.90. The summed E-state index contributed by atoms with van der Waals surface area (Å²) in [5.74, 6) is 0. The number of rotatable bonds is 0. The second-order valence-electron chi connectivity index (χ2n) is 1.68. The first kappa shape index (κ1) is 8.91. The number of aryl methyl sites for hydroxylation is 1. The standard InChI is InChI=1S/C6H7NO.CH4O/c1-5-3-2-4-7-6(5)8;1-2/h2-4H,1H3,(H,7,8);2H,1H3. The molecule has 3 heteroatoms. The van der Waals surface area contributed by atoms with E-state index in [1.807, 2.05) is 0 Å². The SMILES string of the molecule is CO.Cc1ccc[nH]c1=O. The number of aromatic nitrogens is 1. The Morgan fingerprint density at radius 1 is 1.50 bits per heavy atom. The minimum absolute atomic E-state index is 0.00694. The van der Waals surface area contributed by atoms with Crippen molar-refractivity contribution in [1.29, 1.82) is 0 Å². The lowest BCUT2D eigenvalue weighted by atomic mass is 10.3. The van der Waals surface area contributed by atoms with Crippen LogP contribution in [0.1, 0.15) is 5.56 Å². The van der Waals surface area contributed by atoms with Gasteiger partial charge in [-0.25, -0.2) is 0 Å². The van der Waals surface area contributed by atoms with Crippen molar-refractivity contribution in [3.63, 3.8) is 0 Å². The maximum atomic E-state index is 10.6. The van der Waals surface area contributed by atoms with Crippen LogP contribution in [0.4, 0.5) is 0 Å². The minimum atomic E-state index is -0.00694. The van der Waals surface area contributed by atoms with Crippen LogP contribution in [0.3, 0.4) is 0 Å². The summed E-state index contributed by atoms with van der Waals surface area (Å²) in [5, 5.41) is 7.00. The molecular weight excluding hydrogens is 130 g/mol. The van der Waals surface area contributed by atoms with Crippen molar-refractivity contribution in [1.82, 2.24) is 4.98 Å². The second kappa shape index (κ2) is 4.76. The maximum absolute atomic E-state index is 10.6. The van der Waals surface area contributed by atoms with E-state index in [1.165, 1.54) is 0 Å². The molecule has 0 unspecified atom stereocenters. The Kier molecular flexibility index (Phi) is 4.24. The van der Waals surface area contributed by atoms with Crippen molar-refractivity contribution in [2.24, 2.45) is 0 Å². The number of hydrogen-bond acceptors (Lipinski definition) is 2. The van der Waals surface area contributed by atoms with E-state index >= 15 is 0 Å². The highest BCUT2D eigenvalue weighted by Gasteiger charge is 1.83. The molecule has 0 aliphatic carbocycles. The molecule has 10 heavy (non-hydrogen) atoms. The van der Waals surface area contributed by atoms with Crippen molar-refractivity contribution >= 4 is 0 Å². The summed E-state index contributed by atoms with van der Waals surface area (Å²) in [4.78, 5) is 13.1. The molecule has 0 aliphatic rings. The molecule has 0 aliphatic heterocycles. The zero-order valence-corrected chi connectivity index (χ0v) is 6.09. The van der Waals surface area contributed by atoms with E-state index in [0.29, 0.717) is 0 Å². The quantitative estimate of drug-likeness (QED) is 0.545. The van der Waals surface area contributed by atoms with Gasteiger partial charge in [0.15, 0.2) is 0 Å². The summed E-state index contributed by atoms with van der Waals surface area (Å²) in [7, 11) is 1.00. The van der Waals surface area contributed by atoms with Gasteiger partial charge >= 0.3 is 0 Å². The molecule has 1 rings (SSSR count). The fourth-order valence-corrected chi connectivity index (χ4v) is 0.506. The Balaban J connectivity index is 0.000000371. The van der Waals surface area contributed by atoms with Crippen molar-refractivity contribution in [3.05, 3.63) is 34.2 Å². The highest BCUT2D eigenvalue weighted by molar-refractivity contribution is 5.05. The van der Waals surface area contributed by atoms with Gasteiger partial charge in [-0.1, -0.05) is 6.07 Å². The zero-order valence-electron chi connectivity index (χ0n) is 6.09. The molecule has 0 atom stereocenters. The number of aliphatic hydroxyl groups excluding tert-OH is 1. The van der Waals surface area contributed by atoms with Crippen LogP contribution in [0.2, 0.25) is 0 Å². The molecule has 1 aromatic heterocycles. The number of H-pyrrole nitrogens is 1. The summed E-state index contributed by atoms with van der Waals surface area (Å²) in [6, 6.07) is 3.58. The van der Waals surface area contributed by atoms with Crippen LogP contribution < -0.4 is 5.56 Å². The van der Waals surface area contributed by atoms with Crippen LogP contribution in [0.25, 0.3) is 0 Å². The largest absolute Gasteiger partial charge is 0.400 e. The summed E-state index contributed by atoms with van der Waals surface area (Å²) in [5.41, 5.74) is 0.750. The van der Waals surface area contributed by atoms with E-state index in [-0.39, 0.29) is 5.56 Å². The number of hydrogen-bond donors (Lipinski definition) is 2. The molecule has 0 spiro atoms.